The summed E-state index contributed by atoms with van der Waals surface area (Å²) in [6, 6.07) is 22.8. The van der Waals surface area contributed by atoms with Crippen molar-refractivity contribution in [1.82, 2.24) is 9.44 Å². The van der Waals surface area contributed by atoms with Crippen molar-refractivity contribution in [1.29, 1.82) is 0 Å². The molecule has 1 unspecified atom stereocenters. The molecule has 0 fully saturated rings. The molecule has 0 saturated carbocycles. The summed E-state index contributed by atoms with van der Waals surface area (Å²) in [7, 11) is -8.25. The lowest BCUT2D eigenvalue weighted by molar-refractivity contribution is -0.140. The van der Waals surface area contributed by atoms with Gasteiger partial charge in [0.05, 0.1) is 11.3 Å². The van der Waals surface area contributed by atoms with Crippen LogP contribution in [-0.4, -0.2) is 39.9 Å². The largest absolute Gasteiger partial charge is 0.480 e. The molecule has 0 radical (unpaired) electrons. The molecule has 13 heteroatoms. The van der Waals surface area contributed by atoms with Crippen LogP contribution in [0.3, 0.4) is 0 Å². The van der Waals surface area contributed by atoms with Crippen LogP contribution in [0.5, 0.6) is 5.75 Å². The Balaban J connectivity index is 0.000000338. The van der Waals surface area contributed by atoms with Crippen LogP contribution >= 0.6 is 15.9 Å². The van der Waals surface area contributed by atoms with Crippen LogP contribution in [-0.2, 0) is 36.3 Å². The van der Waals surface area contributed by atoms with Gasteiger partial charge in [0.1, 0.15) is 6.04 Å². The quantitative estimate of drug-likeness (QED) is 0.100. The van der Waals surface area contributed by atoms with Crippen LogP contribution in [0, 0.1) is 5.92 Å². The number of benzene rings is 4. The van der Waals surface area contributed by atoms with E-state index in [1.54, 1.807) is 26.0 Å². The van der Waals surface area contributed by atoms with Crippen molar-refractivity contribution in [3.05, 3.63) is 117 Å². The maximum Gasteiger partial charge on any atom is 0.409 e. The first kappa shape index (κ1) is 49.3. The molecular formula is C46H61BrN2O8S2. The molecule has 322 valence electrons. The number of carbonyl (C=O) groups is 2. The monoisotopic (exact) mass is 912 g/mol. The fraction of sp³-hybridized carbons (Fsp3) is 0.435. The number of amides is 1. The zero-order valence-corrected chi connectivity index (χ0v) is 39.5. The SMILES string of the molecule is CC(C)C(NS(=O)(=O)c1ccc(-c2ccc(Br)cc2)cc1)C(=O)O.CC(C)c1cc(C(C)C)c(CC(=O)NS(=O)(=O)Oc2c(C(C)C)cccc2C(C)C)c(C(C)C)c1. The number of sulfonamides is 1. The molecule has 10 nitrogen and oxygen atoms in total. The molecule has 59 heavy (non-hydrogen) atoms. The molecule has 1 amide bonds. The second-order valence-electron chi connectivity index (χ2n) is 16.7. The highest BCUT2D eigenvalue weighted by molar-refractivity contribution is 9.10. The Labute approximate surface area is 361 Å². The number of carbonyl (C=O) groups excluding carboxylic acids is 1. The Morgan fingerprint density at radius 1 is 0.644 bits per heavy atom. The Hall–Kier alpha value is -4.04. The van der Waals surface area contributed by atoms with E-state index in [-0.39, 0.29) is 40.9 Å². The Kier molecular flexibility index (Phi) is 17.5. The molecule has 4 aromatic rings. The molecule has 0 aliphatic carbocycles. The summed E-state index contributed by atoms with van der Waals surface area (Å²) < 4.78 is 61.6. The first-order chi connectivity index (χ1) is 27.3. The van der Waals surface area contributed by atoms with E-state index < -0.39 is 38.2 Å². The number of rotatable bonds is 16. The molecule has 1 atom stereocenters. The standard InChI is InChI=1S/C29H43NO4S.C17H18BrNO4S/c1-17(2)22-14-25(20(7)8)27(26(15-22)21(9)10)16-28(31)30-35(32,33)34-29-23(18(3)4)12-11-13-24(29)19(5)6;1-11(2)16(17(20)21)19-24(22,23)15-9-5-13(6-10-15)12-3-7-14(18)8-4-12/h11-15,17-21H,16H2,1-10H3,(H,30,31);3-11,16,19H,1-2H3,(H,20,21). The van der Waals surface area contributed by atoms with Gasteiger partial charge in [-0.05, 0) is 104 Å². The van der Waals surface area contributed by atoms with Crippen molar-refractivity contribution in [2.24, 2.45) is 5.92 Å². The molecule has 0 aromatic heterocycles. The lowest BCUT2D eigenvalue weighted by Crippen LogP contribution is -2.44. The number of carboxylic acid groups (broad SMARTS) is 1. The Morgan fingerprint density at radius 3 is 1.47 bits per heavy atom. The van der Waals surface area contributed by atoms with Gasteiger partial charge in [0.15, 0.2) is 5.75 Å². The lowest BCUT2D eigenvalue weighted by atomic mass is 9.83. The average Bonchev–Trinajstić information content (AvgIpc) is 3.13. The van der Waals surface area contributed by atoms with E-state index in [0.717, 1.165) is 43.4 Å². The zero-order chi connectivity index (χ0) is 44.6. The molecule has 0 saturated heterocycles. The average molecular weight is 914 g/mol. The van der Waals surface area contributed by atoms with E-state index in [0.29, 0.717) is 11.7 Å². The van der Waals surface area contributed by atoms with Crippen molar-refractivity contribution < 1.29 is 35.7 Å². The van der Waals surface area contributed by atoms with Crippen molar-refractivity contribution in [2.75, 3.05) is 0 Å². The number of hydrogen-bond donors (Lipinski definition) is 3. The Bertz CT molecular complexity index is 2230. The highest BCUT2D eigenvalue weighted by Crippen LogP contribution is 2.36. The smallest absolute Gasteiger partial charge is 0.409 e. The van der Waals surface area contributed by atoms with E-state index in [4.69, 9.17) is 9.29 Å². The summed E-state index contributed by atoms with van der Waals surface area (Å²) in [5.41, 5.74) is 7.72. The predicted octanol–water partition coefficient (Wildman–Crippen LogP) is 10.8. The van der Waals surface area contributed by atoms with E-state index >= 15 is 0 Å². The van der Waals surface area contributed by atoms with Crippen LogP contribution in [0.25, 0.3) is 11.1 Å². The lowest BCUT2D eigenvalue weighted by Gasteiger charge is -2.23. The van der Waals surface area contributed by atoms with E-state index in [1.165, 1.54) is 17.7 Å². The van der Waals surface area contributed by atoms with Gasteiger partial charge in [-0.2, -0.15) is 13.1 Å². The van der Waals surface area contributed by atoms with E-state index in [9.17, 15) is 26.4 Å². The number of halogens is 1. The van der Waals surface area contributed by atoms with Gasteiger partial charge in [-0.3, -0.25) is 9.59 Å². The third kappa shape index (κ3) is 13.7. The van der Waals surface area contributed by atoms with E-state index in [2.05, 4.69) is 79.0 Å². The fourth-order valence-corrected chi connectivity index (χ4v) is 8.94. The first-order valence-corrected chi connectivity index (χ1v) is 23.7. The normalized spacial score (nSPS) is 12.6. The van der Waals surface area contributed by atoms with Crippen LogP contribution in [0.2, 0.25) is 0 Å². The molecule has 0 bridgehead atoms. The number of para-hydroxylation sites is 1. The van der Waals surface area contributed by atoms with Crippen LogP contribution in [0.1, 0.15) is 146 Å². The molecule has 3 N–H and O–H groups in total. The second kappa shape index (κ2) is 21.0. The van der Waals surface area contributed by atoms with Crippen LogP contribution < -0.4 is 13.6 Å². The van der Waals surface area contributed by atoms with Gasteiger partial charge >= 0.3 is 16.3 Å². The summed E-state index contributed by atoms with van der Waals surface area (Å²) in [6.07, 6.45) is -0.0230. The van der Waals surface area contributed by atoms with Crippen LogP contribution in [0.4, 0.5) is 0 Å². The third-order valence-corrected chi connectivity index (χ3v) is 12.7. The molecule has 0 heterocycles. The molecule has 0 aliphatic heterocycles. The maximum atomic E-state index is 13.1. The first-order valence-electron chi connectivity index (χ1n) is 20.0. The third-order valence-electron chi connectivity index (χ3n) is 9.90. The predicted molar refractivity (Wildman–Crippen MR) is 241 cm³/mol. The summed E-state index contributed by atoms with van der Waals surface area (Å²) in [5.74, 6) is -0.949. The van der Waals surface area contributed by atoms with Gasteiger partial charge in [-0.1, -0.05) is 154 Å². The summed E-state index contributed by atoms with van der Waals surface area (Å²) >= 11 is 3.37. The number of aliphatic carboxylic acids is 1. The fourth-order valence-electron chi connectivity index (χ4n) is 6.53. The highest BCUT2D eigenvalue weighted by atomic mass is 79.9. The summed E-state index contributed by atoms with van der Waals surface area (Å²) in [5, 5.41) is 9.14. The number of hydrogen-bond acceptors (Lipinski definition) is 7. The minimum absolute atomic E-state index is 0.0230. The minimum atomic E-state index is -4.35. The van der Waals surface area contributed by atoms with Crippen LogP contribution in [0.15, 0.2) is 88.2 Å². The summed E-state index contributed by atoms with van der Waals surface area (Å²) in [6.45, 7) is 23.9. The van der Waals surface area contributed by atoms with Gasteiger partial charge in [-0.15, -0.1) is 0 Å². The van der Waals surface area contributed by atoms with Gasteiger partial charge in [0.2, 0.25) is 15.9 Å². The van der Waals surface area contributed by atoms with Crippen molar-refractivity contribution in [3.8, 4) is 16.9 Å². The minimum Gasteiger partial charge on any atom is -0.480 e. The van der Waals surface area contributed by atoms with E-state index in [1.807, 2.05) is 70.2 Å². The molecule has 0 aliphatic rings. The topological polar surface area (TPSA) is 156 Å². The van der Waals surface area contributed by atoms with Gasteiger partial charge in [-0.25, -0.2) is 13.1 Å². The van der Waals surface area contributed by atoms with Gasteiger partial charge in [0, 0.05) is 4.47 Å². The van der Waals surface area contributed by atoms with Crippen molar-refractivity contribution >= 4 is 48.1 Å². The highest BCUT2D eigenvalue weighted by Gasteiger charge is 2.28. The number of carboxylic acids is 1. The second-order valence-corrected chi connectivity index (χ2v) is 20.6. The number of nitrogens with one attached hydrogen (secondary N) is 2. The Morgan fingerprint density at radius 2 is 1.08 bits per heavy atom. The maximum absolute atomic E-state index is 13.1. The molecular weight excluding hydrogens is 853 g/mol. The van der Waals surface area contributed by atoms with Gasteiger partial charge in [0.25, 0.3) is 0 Å². The zero-order valence-electron chi connectivity index (χ0n) is 36.3. The molecule has 0 spiro atoms. The van der Waals surface area contributed by atoms with Crippen molar-refractivity contribution in [2.45, 2.75) is 130 Å². The molecule has 4 aromatic carbocycles. The van der Waals surface area contributed by atoms with Gasteiger partial charge < -0.3 is 9.29 Å². The summed E-state index contributed by atoms with van der Waals surface area (Å²) in [4.78, 5) is 24.3. The van der Waals surface area contributed by atoms with Crippen molar-refractivity contribution in [3.63, 3.8) is 0 Å². The molecule has 4 rings (SSSR count).